The van der Waals surface area contributed by atoms with Crippen LogP contribution in [0.3, 0.4) is 0 Å². The molecule has 0 unspecified atom stereocenters. The molecular weight excluding hydrogens is 466 g/mol. The van der Waals surface area contributed by atoms with Gasteiger partial charge in [-0.1, -0.05) is 12.1 Å². The van der Waals surface area contributed by atoms with Crippen LogP contribution in [0.25, 0.3) is 0 Å². The van der Waals surface area contributed by atoms with Crippen LogP contribution in [0.15, 0.2) is 71.8 Å². The minimum Gasteiger partial charge on any atom is -0.422 e. The number of hydrogen-bond acceptors (Lipinski definition) is 11. The number of benzene rings is 3. The van der Waals surface area contributed by atoms with Gasteiger partial charge in [-0.2, -0.15) is 5.10 Å². The van der Waals surface area contributed by atoms with Crippen LogP contribution in [0.5, 0.6) is 5.75 Å². The summed E-state index contributed by atoms with van der Waals surface area (Å²) < 4.78 is 5.26. The zero-order valence-electron chi connectivity index (χ0n) is 17.4. The number of para-hydroxylation sites is 1. The second-order valence-electron chi connectivity index (χ2n) is 6.75. The lowest BCUT2D eigenvalue weighted by molar-refractivity contribution is -0.394. The van der Waals surface area contributed by atoms with Crippen molar-refractivity contribution in [2.24, 2.45) is 10.9 Å². The van der Waals surface area contributed by atoms with E-state index < -0.39 is 43.5 Å². The number of hydrogen-bond donors (Lipinski definition) is 1. The smallest absolute Gasteiger partial charge is 0.344 e. The number of ether oxygens (including phenoxy) is 1. The molecule has 0 saturated carbocycles. The topological polar surface area (TPSA) is 211 Å². The molecular formula is C21H13N5O9. The van der Waals surface area contributed by atoms with E-state index in [4.69, 9.17) is 10.6 Å². The van der Waals surface area contributed by atoms with Crippen LogP contribution in [0.2, 0.25) is 0 Å². The van der Waals surface area contributed by atoms with Gasteiger partial charge >= 0.3 is 5.97 Å². The van der Waals surface area contributed by atoms with Gasteiger partial charge in [0, 0.05) is 35.4 Å². The first kappa shape index (κ1) is 24.1. The molecule has 14 nitrogen and oxygen atoms in total. The Morgan fingerprint density at radius 1 is 0.743 bits per heavy atom. The van der Waals surface area contributed by atoms with Crippen molar-refractivity contribution in [1.29, 1.82) is 0 Å². The third-order valence-corrected chi connectivity index (χ3v) is 4.59. The predicted molar refractivity (Wildman–Crippen MR) is 119 cm³/mol. The van der Waals surface area contributed by atoms with E-state index >= 15 is 0 Å². The summed E-state index contributed by atoms with van der Waals surface area (Å²) in [5.74, 6) is 3.27. The van der Waals surface area contributed by atoms with E-state index in [2.05, 4.69) is 5.10 Å². The third kappa shape index (κ3) is 5.28. The van der Waals surface area contributed by atoms with Gasteiger partial charge in [-0.3, -0.25) is 35.1 Å². The molecule has 0 atom stereocenters. The number of hydrazone groups is 1. The molecule has 176 valence electrons. The first-order chi connectivity index (χ1) is 16.6. The standard InChI is InChI=1S/C21H13N5O9/c22-23-19(20(27)12-5-7-14(8-6-12)24(29)30)17-3-1-2-4-18(17)35-21(28)13-9-15(25(31)32)11-16(10-13)26(33)34/h1-11H,22H2/b23-19+. The van der Waals surface area contributed by atoms with E-state index in [-0.39, 0.29) is 28.3 Å². The number of nitrogens with zero attached hydrogens (tertiary/aromatic N) is 4. The minimum atomic E-state index is -1.18. The molecule has 3 aromatic carbocycles. The molecule has 0 aliphatic heterocycles. The second kappa shape index (κ2) is 9.95. The SMILES string of the molecule is N/N=C(/C(=O)c1ccc([N+](=O)[O-])cc1)c1ccccc1OC(=O)c1cc([N+](=O)[O-])cc([N+](=O)[O-])c1. The van der Waals surface area contributed by atoms with E-state index in [1.54, 1.807) is 0 Å². The minimum absolute atomic E-state index is 0.00948. The summed E-state index contributed by atoms with van der Waals surface area (Å²) in [6.07, 6.45) is 0. The lowest BCUT2D eigenvalue weighted by Gasteiger charge is -2.11. The Hall–Kier alpha value is -5.53. The molecule has 35 heavy (non-hydrogen) atoms. The number of carbonyl (C=O) groups is 2. The molecule has 0 aliphatic rings. The van der Waals surface area contributed by atoms with Crippen LogP contribution >= 0.6 is 0 Å². The number of esters is 1. The van der Waals surface area contributed by atoms with Gasteiger partial charge in [0.15, 0.2) is 0 Å². The fourth-order valence-corrected chi connectivity index (χ4v) is 2.96. The van der Waals surface area contributed by atoms with Crippen LogP contribution in [0, 0.1) is 30.3 Å². The predicted octanol–water partition coefficient (Wildman–Crippen LogP) is 3.18. The van der Waals surface area contributed by atoms with Gasteiger partial charge in [0.25, 0.3) is 17.1 Å². The number of nitro benzene ring substituents is 3. The summed E-state index contributed by atoms with van der Waals surface area (Å²) in [4.78, 5) is 56.2. The highest BCUT2D eigenvalue weighted by atomic mass is 16.6. The largest absolute Gasteiger partial charge is 0.422 e. The molecule has 0 spiro atoms. The number of Topliss-reactive ketones (excluding diaryl/α,β-unsaturated/α-hetero) is 1. The Kier molecular flexibility index (Phi) is 6.86. The van der Waals surface area contributed by atoms with Crippen LogP contribution in [0.4, 0.5) is 17.1 Å². The van der Waals surface area contributed by atoms with Crippen LogP contribution < -0.4 is 10.6 Å². The molecule has 0 heterocycles. The zero-order valence-corrected chi connectivity index (χ0v) is 17.4. The van der Waals surface area contributed by atoms with Gasteiger partial charge < -0.3 is 10.6 Å². The number of nitrogens with two attached hydrogens (primary N) is 1. The highest BCUT2D eigenvalue weighted by Gasteiger charge is 2.24. The molecule has 2 N–H and O–H groups in total. The molecule has 0 saturated heterocycles. The Morgan fingerprint density at radius 2 is 1.29 bits per heavy atom. The van der Waals surface area contributed by atoms with Crippen molar-refractivity contribution in [2.45, 2.75) is 0 Å². The summed E-state index contributed by atoms with van der Waals surface area (Å²) >= 11 is 0. The van der Waals surface area contributed by atoms with E-state index in [9.17, 15) is 39.9 Å². The Balaban J connectivity index is 1.96. The first-order valence-electron chi connectivity index (χ1n) is 9.45. The first-order valence-corrected chi connectivity index (χ1v) is 9.45. The average Bonchev–Trinajstić information content (AvgIpc) is 2.85. The van der Waals surface area contributed by atoms with Crippen LogP contribution in [-0.4, -0.2) is 32.2 Å². The Morgan fingerprint density at radius 3 is 1.80 bits per heavy atom. The second-order valence-corrected chi connectivity index (χ2v) is 6.75. The number of non-ortho nitro benzene ring substituents is 3. The van der Waals surface area contributed by atoms with E-state index in [0.29, 0.717) is 6.07 Å². The van der Waals surface area contributed by atoms with Crippen molar-refractivity contribution in [3.63, 3.8) is 0 Å². The normalized spacial score (nSPS) is 10.9. The lowest BCUT2D eigenvalue weighted by atomic mass is 9.99. The number of nitro groups is 3. The molecule has 0 fully saturated rings. The molecule has 14 heteroatoms. The zero-order chi connectivity index (χ0) is 25.7. The van der Waals surface area contributed by atoms with E-state index in [1.165, 1.54) is 36.4 Å². The summed E-state index contributed by atoms with van der Waals surface area (Å²) in [6.45, 7) is 0. The molecule has 0 aliphatic carbocycles. The lowest BCUT2D eigenvalue weighted by Crippen LogP contribution is -2.20. The highest BCUT2D eigenvalue weighted by Crippen LogP contribution is 2.26. The summed E-state index contributed by atoms with van der Waals surface area (Å²) in [5, 5.41) is 36.5. The fourth-order valence-electron chi connectivity index (χ4n) is 2.96. The number of rotatable bonds is 8. The van der Waals surface area contributed by atoms with Crippen molar-refractivity contribution in [1.82, 2.24) is 0 Å². The summed E-state index contributed by atoms with van der Waals surface area (Å²) in [5.41, 5.74) is -2.50. The van der Waals surface area contributed by atoms with Gasteiger partial charge in [-0.15, -0.1) is 0 Å². The maximum Gasteiger partial charge on any atom is 0.344 e. The van der Waals surface area contributed by atoms with Crippen molar-refractivity contribution >= 4 is 34.5 Å². The molecule has 3 rings (SSSR count). The van der Waals surface area contributed by atoms with Crippen molar-refractivity contribution in [3.8, 4) is 5.75 Å². The molecule has 0 bridgehead atoms. The van der Waals surface area contributed by atoms with Gasteiger partial charge in [-0.25, -0.2) is 4.79 Å². The summed E-state index contributed by atoms with van der Waals surface area (Å²) in [7, 11) is 0. The van der Waals surface area contributed by atoms with Crippen molar-refractivity contribution < 1.29 is 29.1 Å². The number of carbonyl (C=O) groups excluding carboxylic acids is 2. The maximum absolute atomic E-state index is 12.9. The average molecular weight is 479 g/mol. The Bertz CT molecular complexity index is 1370. The third-order valence-electron chi connectivity index (χ3n) is 4.59. The molecule has 0 amide bonds. The molecule has 0 radical (unpaired) electrons. The van der Waals surface area contributed by atoms with Gasteiger partial charge in [0.2, 0.25) is 5.78 Å². The van der Waals surface area contributed by atoms with Crippen LogP contribution in [0.1, 0.15) is 26.3 Å². The molecule has 3 aromatic rings. The van der Waals surface area contributed by atoms with Gasteiger partial charge in [0.1, 0.15) is 11.5 Å². The number of ketones is 1. The van der Waals surface area contributed by atoms with E-state index in [1.807, 2.05) is 0 Å². The molecule has 0 aromatic heterocycles. The highest BCUT2D eigenvalue weighted by molar-refractivity contribution is 6.51. The van der Waals surface area contributed by atoms with E-state index in [0.717, 1.165) is 24.3 Å². The van der Waals surface area contributed by atoms with Crippen molar-refractivity contribution in [2.75, 3.05) is 0 Å². The fraction of sp³-hybridized carbons (Fsp3) is 0. The van der Waals surface area contributed by atoms with Gasteiger partial charge in [-0.05, 0) is 24.3 Å². The van der Waals surface area contributed by atoms with Crippen molar-refractivity contribution in [3.05, 3.63) is 114 Å². The maximum atomic E-state index is 12.9. The Labute approximate surface area is 194 Å². The monoisotopic (exact) mass is 479 g/mol. The van der Waals surface area contributed by atoms with Gasteiger partial charge in [0.05, 0.1) is 26.4 Å². The summed E-state index contributed by atoms with van der Waals surface area (Å²) in [6, 6.07) is 12.5. The van der Waals surface area contributed by atoms with Crippen LogP contribution in [-0.2, 0) is 0 Å². The quantitative estimate of drug-likeness (QED) is 0.0947.